The second-order valence-electron chi connectivity index (χ2n) is 9.87. The van der Waals surface area contributed by atoms with Crippen LogP contribution in [0.25, 0.3) is 0 Å². The van der Waals surface area contributed by atoms with E-state index >= 15 is 0 Å². The Bertz CT molecular complexity index is 884. The van der Waals surface area contributed by atoms with Crippen LogP contribution in [0.15, 0.2) is 23.8 Å². The molecule has 0 aromatic heterocycles. The first-order valence-corrected chi connectivity index (χ1v) is 10.9. The third kappa shape index (κ3) is 2.79. The first kappa shape index (κ1) is 21.2. The maximum absolute atomic E-state index is 13.5. The number of ether oxygens (including phenoxy) is 1. The number of carbonyl (C=O) groups excluding carboxylic acids is 4. The van der Waals surface area contributed by atoms with Crippen molar-refractivity contribution in [2.75, 3.05) is 6.61 Å². The van der Waals surface area contributed by atoms with E-state index in [1.54, 1.807) is 19.1 Å². The molecule has 3 saturated carbocycles. The first-order valence-electron chi connectivity index (χ1n) is 10.9. The van der Waals surface area contributed by atoms with Gasteiger partial charge in [-0.25, -0.2) is 0 Å². The van der Waals surface area contributed by atoms with E-state index < -0.39 is 34.8 Å². The normalized spacial score (nSPS) is 42.1. The van der Waals surface area contributed by atoms with Crippen LogP contribution < -0.4 is 0 Å². The lowest BCUT2D eigenvalue weighted by atomic mass is 9.46. The molecule has 6 nitrogen and oxygen atoms in total. The average molecular weight is 414 g/mol. The monoisotopic (exact) mass is 414 g/mol. The van der Waals surface area contributed by atoms with Crippen LogP contribution in [0.2, 0.25) is 0 Å². The molecule has 30 heavy (non-hydrogen) atoms. The zero-order chi connectivity index (χ0) is 21.9. The number of hydrogen-bond acceptors (Lipinski definition) is 6. The van der Waals surface area contributed by atoms with E-state index in [9.17, 15) is 24.3 Å². The van der Waals surface area contributed by atoms with Gasteiger partial charge in [-0.3, -0.25) is 19.2 Å². The molecule has 3 fully saturated rings. The van der Waals surface area contributed by atoms with Gasteiger partial charge in [0.15, 0.2) is 12.4 Å². The van der Waals surface area contributed by atoms with Crippen molar-refractivity contribution in [1.82, 2.24) is 0 Å². The summed E-state index contributed by atoms with van der Waals surface area (Å²) in [7, 11) is 0. The molecule has 0 aromatic carbocycles. The molecule has 0 heterocycles. The highest BCUT2D eigenvalue weighted by atomic mass is 16.5. The van der Waals surface area contributed by atoms with Crippen molar-refractivity contribution in [3.05, 3.63) is 23.8 Å². The van der Waals surface area contributed by atoms with Crippen LogP contribution >= 0.6 is 0 Å². The lowest BCUT2D eigenvalue weighted by Crippen LogP contribution is -2.60. The minimum atomic E-state index is -1.66. The summed E-state index contributed by atoms with van der Waals surface area (Å²) in [6, 6.07) is 0. The van der Waals surface area contributed by atoms with E-state index in [0.29, 0.717) is 6.42 Å². The summed E-state index contributed by atoms with van der Waals surface area (Å²) in [5.74, 6) is -1.14. The van der Waals surface area contributed by atoms with Gasteiger partial charge in [0.2, 0.25) is 5.78 Å². The minimum Gasteiger partial charge on any atom is -0.458 e. The summed E-state index contributed by atoms with van der Waals surface area (Å²) in [6.07, 6.45) is 7.86. The highest BCUT2D eigenvalue weighted by Crippen LogP contribution is 2.66. The van der Waals surface area contributed by atoms with Crippen LogP contribution in [0.5, 0.6) is 0 Å². The third-order valence-electron chi connectivity index (χ3n) is 8.52. The summed E-state index contributed by atoms with van der Waals surface area (Å²) >= 11 is 0. The second kappa shape index (κ2) is 6.98. The zero-order valence-corrected chi connectivity index (χ0v) is 17.9. The summed E-state index contributed by atoms with van der Waals surface area (Å²) in [5, 5.41) is 11.5. The molecular formula is C24H30O6. The minimum absolute atomic E-state index is 0.0282. The van der Waals surface area contributed by atoms with Gasteiger partial charge in [0, 0.05) is 29.6 Å². The lowest BCUT2D eigenvalue weighted by molar-refractivity contribution is -0.172. The van der Waals surface area contributed by atoms with E-state index in [1.807, 2.05) is 19.9 Å². The van der Waals surface area contributed by atoms with E-state index in [4.69, 9.17) is 4.74 Å². The van der Waals surface area contributed by atoms with Crippen molar-refractivity contribution in [3.8, 4) is 0 Å². The maximum Gasteiger partial charge on any atom is 0.305 e. The maximum atomic E-state index is 13.5. The van der Waals surface area contributed by atoms with E-state index in [0.717, 1.165) is 18.4 Å². The number of Topliss-reactive ketones (excluding diaryl/α,β-unsaturated/α-hetero) is 2. The molecule has 4 aliphatic rings. The Morgan fingerprint density at radius 2 is 1.97 bits per heavy atom. The fourth-order valence-electron chi connectivity index (χ4n) is 6.86. The molecule has 0 radical (unpaired) electrons. The van der Waals surface area contributed by atoms with Crippen LogP contribution in [0.1, 0.15) is 59.3 Å². The van der Waals surface area contributed by atoms with E-state index in [1.165, 1.54) is 0 Å². The predicted octanol–water partition coefficient (Wildman–Crippen LogP) is 2.73. The van der Waals surface area contributed by atoms with Crippen molar-refractivity contribution in [1.29, 1.82) is 0 Å². The van der Waals surface area contributed by atoms with Gasteiger partial charge in [-0.1, -0.05) is 32.4 Å². The smallest absolute Gasteiger partial charge is 0.305 e. The molecule has 162 valence electrons. The molecule has 0 saturated heterocycles. The van der Waals surface area contributed by atoms with E-state index in [2.05, 4.69) is 0 Å². The van der Waals surface area contributed by atoms with Crippen LogP contribution in [0.3, 0.4) is 0 Å². The molecule has 4 rings (SSSR count). The summed E-state index contributed by atoms with van der Waals surface area (Å²) in [4.78, 5) is 49.8. The molecule has 1 N–H and O–H groups in total. The second-order valence-corrected chi connectivity index (χ2v) is 9.87. The molecular weight excluding hydrogens is 384 g/mol. The fourth-order valence-corrected chi connectivity index (χ4v) is 6.86. The average Bonchev–Trinajstić information content (AvgIpc) is 2.97. The van der Waals surface area contributed by atoms with Gasteiger partial charge in [-0.2, -0.15) is 0 Å². The summed E-state index contributed by atoms with van der Waals surface area (Å²) in [6.45, 7) is 5.08. The number of esters is 1. The number of ketones is 3. The number of allylic oxidation sites excluding steroid dienone is 4. The highest BCUT2D eigenvalue weighted by molar-refractivity contribution is 6.02. The van der Waals surface area contributed by atoms with Gasteiger partial charge in [0.05, 0.1) is 0 Å². The van der Waals surface area contributed by atoms with Crippen molar-refractivity contribution in [3.63, 3.8) is 0 Å². The molecule has 0 spiro atoms. The van der Waals surface area contributed by atoms with E-state index in [-0.39, 0.29) is 48.6 Å². The topological polar surface area (TPSA) is 97.7 Å². The Labute approximate surface area is 176 Å². The SMILES string of the molecule is CCC(=O)OCC(=O)[C@]1(O)CC[C@H]2[C@@H]3CCC4=CC(=O)C=C[C@]4(C)[C@H]3C(=O)C[C@@]21C. The molecule has 4 aliphatic carbocycles. The molecule has 0 aliphatic heterocycles. The predicted molar refractivity (Wildman–Crippen MR) is 108 cm³/mol. The number of fused-ring (bicyclic) bond motifs is 5. The van der Waals surface area contributed by atoms with Gasteiger partial charge in [0.25, 0.3) is 0 Å². The Morgan fingerprint density at radius 1 is 1.23 bits per heavy atom. The Balaban J connectivity index is 1.64. The molecule has 0 bridgehead atoms. The zero-order valence-electron chi connectivity index (χ0n) is 17.9. The summed E-state index contributed by atoms with van der Waals surface area (Å²) < 4.78 is 5.00. The van der Waals surface area contributed by atoms with Crippen LogP contribution in [-0.2, 0) is 23.9 Å². The van der Waals surface area contributed by atoms with Gasteiger partial charge >= 0.3 is 5.97 Å². The number of rotatable bonds is 4. The Kier molecular flexibility index (Phi) is 4.92. The van der Waals surface area contributed by atoms with Gasteiger partial charge in [-0.05, 0) is 49.7 Å². The van der Waals surface area contributed by atoms with Crippen molar-refractivity contribution < 1.29 is 29.0 Å². The highest BCUT2D eigenvalue weighted by Gasteiger charge is 2.68. The Hall–Kier alpha value is -2.08. The molecule has 0 amide bonds. The van der Waals surface area contributed by atoms with Crippen LogP contribution in [0, 0.1) is 28.6 Å². The third-order valence-corrected chi connectivity index (χ3v) is 8.52. The van der Waals surface area contributed by atoms with Gasteiger partial charge in [-0.15, -0.1) is 0 Å². The quantitative estimate of drug-likeness (QED) is 0.711. The van der Waals surface area contributed by atoms with Crippen LogP contribution in [0.4, 0.5) is 0 Å². The number of hydrogen-bond donors (Lipinski definition) is 1. The largest absolute Gasteiger partial charge is 0.458 e. The first-order chi connectivity index (χ1) is 14.1. The molecule has 6 atom stereocenters. The standard InChI is InChI=1S/C24H30O6/c1-4-20(28)30-13-19(27)24(29)10-8-17-16-6-5-14-11-15(25)7-9-22(14,2)21(16)18(26)12-23(17,24)3/h7,9,11,16-17,21,29H,4-6,8,10,12-13H2,1-3H3/t16-,17-,21+,22-,23-,24+/m0/s1. The number of aliphatic hydroxyl groups is 1. The molecule has 0 aromatic rings. The molecule has 0 unspecified atom stereocenters. The molecule has 6 heteroatoms. The summed E-state index contributed by atoms with van der Waals surface area (Å²) in [5.41, 5.74) is -1.99. The van der Waals surface area contributed by atoms with Crippen molar-refractivity contribution in [2.45, 2.75) is 64.9 Å². The Morgan fingerprint density at radius 3 is 2.67 bits per heavy atom. The van der Waals surface area contributed by atoms with Crippen molar-refractivity contribution in [2.24, 2.45) is 28.6 Å². The van der Waals surface area contributed by atoms with Gasteiger partial charge in [0.1, 0.15) is 11.4 Å². The lowest BCUT2D eigenvalue weighted by Gasteiger charge is -2.56. The van der Waals surface area contributed by atoms with Crippen LogP contribution in [-0.4, -0.2) is 40.6 Å². The van der Waals surface area contributed by atoms with Gasteiger partial charge < -0.3 is 9.84 Å². The number of carbonyl (C=O) groups is 4. The fraction of sp³-hybridized carbons (Fsp3) is 0.667. The van der Waals surface area contributed by atoms with Crippen molar-refractivity contribution >= 4 is 23.3 Å².